The van der Waals surface area contributed by atoms with Crippen molar-refractivity contribution in [2.75, 3.05) is 18.5 Å². The minimum absolute atomic E-state index is 0.0742. The van der Waals surface area contributed by atoms with E-state index in [9.17, 15) is 4.79 Å². The van der Waals surface area contributed by atoms with E-state index in [0.717, 1.165) is 61.1 Å². The molecule has 1 amide bonds. The van der Waals surface area contributed by atoms with Crippen molar-refractivity contribution in [2.45, 2.75) is 58.3 Å². The van der Waals surface area contributed by atoms with Gasteiger partial charge < -0.3 is 19.4 Å². The fraction of sp³-hybridized carbons (Fsp3) is 0.611. The Bertz CT molecular complexity index is 791. The van der Waals surface area contributed by atoms with E-state index in [-0.39, 0.29) is 24.7 Å². The molecule has 1 saturated heterocycles. The van der Waals surface area contributed by atoms with Gasteiger partial charge in [0.15, 0.2) is 0 Å². The number of carbonyl (C=O) groups excluding carboxylic acids is 1. The molecule has 1 aliphatic carbocycles. The molecule has 0 spiro atoms. The van der Waals surface area contributed by atoms with Gasteiger partial charge in [0.05, 0.1) is 24.1 Å². The summed E-state index contributed by atoms with van der Waals surface area (Å²) in [6.45, 7) is 5.81. The second-order valence-corrected chi connectivity index (χ2v) is 6.94. The van der Waals surface area contributed by atoms with Crippen molar-refractivity contribution in [2.24, 2.45) is 0 Å². The highest BCUT2D eigenvalue weighted by molar-refractivity contribution is 6.00. The summed E-state index contributed by atoms with van der Waals surface area (Å²) in [5, 5.41) is 3.78. The van der Waals surface area contributed by atoms with E-state index in [2.05, 4.69) is 26.8 Å². The zero-order valence-electron chi connectivity index (χ0n) is 14.7. The van der Waals surface area contributed by atoms with Crippen LogP contribution in [0.15, 0.2) is 6.33 Å². The number of hydrogen-bond acceptors (Lipinski definition) is 5. The number of carbonyl (C=O) groups is 1. The number of ether oxygens (including phenoxy) is 2. The van der Waals surface area contributed by atoms with Crippen molar-refractivity contribution >= 4 is 22.8 Å². The Morgan fingerprint density at radius 3 is 2.92 bits per heavy atom. The second kappa shape index (κ2) is 6.72. The topological polar surface area (TPSA) is 78.3 Å². The van der Waals surface area contributed by atoms with Gasteiger partial charge in [-0.1, -0.05) is 0 Å². The standard InChI is InChI=1S/C18H24N4O3/c1-11-12(2)22(8-14-4-3-7-24-14)18-16(11)17(19-10-20-18)21-15(23)9-25-13-5-6-13/h10,13-14H,3-9H2,1-2H3,(H,19,20,21,23). The molecule has 1 unspecified atom stereocenters. The van der Waals surface area contributed by atoms with Crippen LogP contribution in [-0.4, -0.2) is 45.9 Å². The minimum atomic E-state index is -0.171. The van der Waals surface area contributed by atoms with Crippen molar-refractivity contribution in [3.8, 4) is 0 Å². The third-order valence-corrected chi connectivity index (χ3v) is 5.05. The summed E-state index contributed by atoms with van der Waals surface area (Å²) < 4.78 is 13.4. The first kappa shape index (κ1) is 16.5. The molecule has 2 aromatic rings. The molecule has 7 heteroatoms. The molecule has 1 N–H and O–H groups in total. The predicted molar refractivity (Wildman–Crippen MR) is 93.6 cm³/mol. The van der Waals surface area contributed by atoms with Crippen LogP contribution in [0.1, 0.15) is 36.9 Å². The highest BCUT2D eigenvalue weighted by Crippen LogP contribution is 2.30. The summed E-state index contributed by atoms with van der Waals surface area (Å²) >= 11 is 0. The number of nitrogens with zero attached hydrogens (tertiary/aromatic N) is 3. The van der Waals surface area contributed by atoms with Crippen LogP contribution in [0.2, 0.25) is 0 Å². The molecule has 4 rings (SSSR count). The van der Waals surface area contributed by atoms with E-state index in [4.69, 9.17) is 9.47 Å². The molecule has 0 radical (unpaired) electrons. The van der Waals surface area contributed by atoms with Crippen LogP contribution >= 0.6 is 0 Å². The molecule has 2 aromatic heterocycles. The lowest BCUT2D eigenvalue weighted by molar-refractivity contribution is -0.121. The maximum atomic E-state index is 12.1. The Morgan fingerprint density at radius 1 is 1.36 bits per heavy atom. The molecule has 0 aromatic carbocycles. The number of rotatable bonds is 6. The van der Waals surface area contributed by atoms with Crippen molar-refractivity contribution in [3.05, 3.63) is 17.6 Å². The molecule has 1 atom stereocenters. The van der Waals surface area contributed by atoms with Crippen LogP contribution in [0.4, 0.5) is 5.82 Å². The molecule has 1 aliphatic heterocycles. The Balaban J connectivity index is 1.60. The second-order valence-electron chi connectivity index (χ2n) is 6.94. The monoisotopic (exact) mass is 344 g/mol. The Hall–Kier alpha value is -1.99. The quantitative estimate of drug-likeness (QED) is 0.870. The van der Waals surface area contributed by atoms with Crippen LogP contribution in [0, 0.1) is 13.8 Å². The largest absolute Gasteiger partial charge is 0.376 e. The zero-order chi connectivity index (χ0) is 17.4. The number of aromatic nitrogens is 3. The summed E-state index contributed by atoms with van der Waals surface area (Å²) in [6.07, 6.45) is 6.28. The van der Waals surface area contributed by atoms with Gasteiger partial charge in [0.2, 0.25) is 0 Å². The SMILES string of the molecule is Cc1c(C)n(CC2CCCO2)c2ncnc(NC(=O)COC3CC3)c12. The number of anilines is 1. The molecule has 1 saturated carbocycles. The van der Waals surface area contributed by atoms with E-state index in [0.29, 0.717) is 5.82 Å². The maximum absolute atomic E-state index is 12.1. The van der Waals surface area contributed by atoms with E-state index in [1.165, 1.54) is 6.33 Å². The molecule has 7 nitrogen and oxygen atoms in total. The zero-order valence-corrected chi connectivity index (χ0v) is 14.7. The first-order valence-electron chi connectivity index (χ1n) is 8.97. The summed E-state index contributed by atoms with van der Waals surface area (Å²) in [5.41, 5.74) is 3.07. The fourth-order valence-electron chi connectivity index (χ4n) is 3.37. The van der Waals surface area contributed by atoms with Gasteiger partial charge >= 0.3 is 0 Å². The van der Waals surface area contributed by atoms with Gasteiger partial charge in [-0.2, -0.15) is 0 Å². The molecule has 25 heavy (non-hydrogen) atoms. The highest BCUT2D eigenvalue weighted by Gasteiger charge is 2.24. The lowest BCUT2D eigenvalue weighted by Gasteiger charge is -2.13. The Kier molecular flexibility index (Phi) is 4.43. The number of hydrogen-bond donors (Lipinski definition) is 1. The number of nitrogens with one attached hydrogen (secondary N) is 1. The third-order valence-electron chi connectivity index (χ3n) is 5.05. The van der Waals surface area contributed by atoms with Crippen LogP contribution in [-0.2, 0) is 20.8 Å². The lowest BCUT2D eigenvalue weighted by atomic mass is 10.2. The van der Waals surface area contributed by atoms with Gasteiger partial charge in [-0.25, -0.2) is 9.97 Å². The first-order valence-corrected chi connectivity index (χ1v) is 8.97. The van der Waals surface area contributed by atoms with Crippen molar-refractivity contribution < 1.29 is 14.3 Å². The van der Waals surface area contributed by atoms with E-state index < -0.39 is 0 Å². The third kappa shape index (κ3) is 3.39. The minimum Gasteiger partial charge on any atom is -0.376 e. The van der Waals surface area contributed by atoms with Crippen LogP contribution in [0.5, 0.6) is 0 Å². The number of amides is 1. The molecule has 0 bridgehead atoms. The smallest absolute Gasteiger partial charge is 0.251 e. The van der Waals surface area contributed by atoms with E-state index >= 15 is 0 Å². The maximum Gasteiger partial charge on any atom is 0.251 e. The van der Waals surface area contributed by atoms with Gasteiger partial charge in [0.1, 0.15) is 24.4 Å². The summed E-state index contributed by atoms with van der Waals surface area (Å²) in [5.74, 6) is 0.386. The molecule has 2 aliphatic rings. The Labute approximate surface area is 146 Å². The summed E-state index contributed by atoms with van der Waals surface area (Å²) in [7, 11) is 0. The molecule has 2 fully saturated rings. The fourth-order valence-corrected chi connectivity index (χ4v) is 3.37. The van der Waals surface area contributed by atoms with E-state index in [1.54, 1.807) is 0 Å². The van der Waals surface area contributed by atoms with Gasteiger partial charge in [0.25, 0.3) is 5.91 Å². The average Bonchev–Trinajstić information content (AvgIpc) is 3.24. The predicted octanol–water partition coefficient (Wildman–Crippen LogP) is 2.34. The first-order chi connectivity index (χ1) is 12.1. The molecule has 3 heterocycles. The van der Waals surface area contributed by atoms with Crippen LogP contribution in [0.25, 0.3) is 11.0 Å². The molecular formula is C18H24N4O3. The summed E-state index contributed by atoms with van der Waals surface area (Å²) in [6, 6.07) is 0. The van der Waals surface area contributed by atoms with Crippen molar-refractivity contribution in [1.29, 1.82) is 0 Å². The Morgan fingerprint density at radius 2 is 2.20 bits per heavy atom. The normalized spacial score (nSPS) is 20.3. The number of aryl methyl sites for hydroxylation is 1. The average molecular weight is 344 g/mol. The van der Waals surface area contributed by atoms with Gasteiger partial charge in [-0.05, 0) is 45.1 Å². The van der Waals surface area contributed by atoms with Crippen molar-refractivity contribution in [3.63, 3.8) is 0 Å². The van der Waals surface area contributed by atoms with Crippen LogP contribution in [0.3, 0.4) is 0 Å². The summed E-state index contributed by atoms with van der Waals surface area (Å²) in [4.78, 5) is 20.9. The van der Waals surface area contributed by atoms with Crippen molar-refractivity contribution in [1.82, 2.24) is 14.5 Å². The molecular weight excluding hydrogens is 320 g/mol. The highest BCUT2D eigenvalue weighted by atomic mass is 16.5. The lowest BCUT2D eigenvalue weighted by Crippen LogP contribution is -2.20. The molecule has 134 valence electrons. The van der Waals surface area contributed by atoms with Gasteiger partial charge in [-0.3, -0.25) is 4.79 Å². The number of fused-ring (bicyclic) bond motifs is 1. The van der Waals surface area contributed by atoms with Gasteiger partial charge in [0, 0.05) is 12.3 Å². The van der Waals surface area contributed by atoms with Gasteiger partial charge in [-0.15, -0.1) is 0 Å². The van der Waals surface area contributed by atoms with E-state index in [1.807, 2.05) is 6.92 Å². The van der Waals surface area contributed by atoms with Crippen LogP contribution < -0.4 is 5.32 Å².